The van der Waals surface area contributed by atoms with Gasteiger partial charge in [-0.3, -0.25) is 4.79 Å². The van der Waals surface area contributed by atoms with Crippen molar-refractivity contribution in [3.63, 3.8) is 0 Å². The Bertz CT molecular complexity index is 980. The van der Waals surface area contributed by atoms with Gasteiger partial charge in [0.1, 0.15) is 0 Å². The Morgan fingerprint density at radius 1 is 1.29 bits per heavy atom. The summed E-state index contributed by atoms with van der Waals surface area (Å²) in [7, 11) is 0. The molecule has 0 spiro atoms. The van der Waals surface area contributed by atoms with Gasteiger partial charge in [-0.15, -0.1) is 39.1 Å². The molecule has 0 aliphatic heterocycles. The van der Waals surface area contributed by atoms with E-state index in [4.69, 9.17) is 0 Å². The molecule has 0 saturated carbocycles. The molecule has 0 unspecified atom stereocenters. The fraction of sp³-hybridized carbons (Fsp3) is 0.188. The van der Waals surface area contributed by atoms with Gasteiger partial charge in [0.15, 0.2) is 5.82 Å². The lowest BCUT2D eigenvalue weighted by Gasteiger charge is -2.02. The zero-order valence-corrected chi connectivity index (χ0v) is 15.3. The summed E-state index contributed by atoms with van der Waals surface area (Å²) in [5, 5.41) is 13.6. The van der Waals surface area contributed by atoms with Gasteiger partial charge in [-0.25, -0.2) is 4.52 Å². The second-order valence-electron chi connectivity index (χ2n) is 5.33. The molecule has 4 heterocycles. The molecule has 0 saturated heterocycles. The van der Waals surface area contributed by atoms with E-state index in [1.807, 2.05) is 40.4 Å². The van der Waals surface area contributed by atoms with Gasteiger partial charge in [0.2, 0.25) is 4.96 Å². The van der Waals surface area contributed by atoms with Crippen LogP contribution in [0, 0.1) is 6.92 Å². The molecule has 1 N–H and O–H groups in total. The molecule has 5 nitrogen and oxygen atoms in total. The van der Waals surface area contributed by atoms with Crippen LogP contribution >= 0.6 is 34.0 Å². The number of amides is 1. The van der Waals surface area contributed by atoms with Crippen molar-refractivity contribution in [3.05, 3.63) is 50.5 Å². The van der Waals surface area contributed by atoms with Crippen LogP contribution in [0.2, 0.25) is 0 Å². The third-order valence-electron chi connectivity index (χ3n) is 3.51. The number of carbonyl (C=O) groups excluding carboxylic acids is 1. The SMILES string of the molecule is Cc1csc(C(=O)NCCc2csc3nc(-c4cccs4)nn23)c1. The van der Waals surface area contributed by atoms with Crippen LogP contribution in [0.5, 0.6) is 0 Å². The van der Waals surface area contributed by atoms with Crippen LogP contribution in [0.25, 0.3) is 15.7 Å². The van der Waals surface area contributed by atoms with E-state index in [0.717, 1.165) is 38.2 Å². The van der Waals surface area contributed by atoms with E-state index in [1.54, 1.807) is 22.7 Å². The van der Waals surface area contributed by atoms with Gasteiger partial charge in [-0.1, -0.05) is 6.07 Å². The normalized spacial score (nSPS) is 11.2. The summed E-state index contributed by atoms with van der Waals surface area (Å²) < 4.78 is 1.88. The molecule has 0 radical (unpaired) electrons. The largest absolute Gasteiger partial charge is 0.351 e. The van der Waals surface area contributed by atoms with E-state index in [0.29, 0.717) is 6.54 Å². The Morgan fingerprint density at radius 3 is 2.96 bits per heavy atom. The summed E-state index contributed by atoms with van der Waals surface area (Å²) in [5.74, 6) is 0.744. The van der Waals surface area contributed by atoms with Crippen molar-refractivity contribution >= 4 is 44.9 Å². The van der Waals surface area contributed by atoms with Crippen LogP contribution in [-0.4, -0.2) is 27.0 Å². The van der Waals surface area contributed by atoms with Crippen molar-refractivity contribution in [2.75, 3.05) is 6.54 Å². The first-order chi connectivity index (χ1) is 11.7. The summed E-state index contributed by atoms with van der Waals surface area (Å²) >= 11 is 4.68. The fourth-order valence-electron chi connectivity index (χ4n) is 2.35. The van der Waals surface area contributed by atoms with Crippen LogP contribution in [-0.2, 0) is 6.42 Å². The summed E-state index contributed by atoms with van der Waals surface area (Å²) in [5.41, 5.74) is 2.18. The average molecular weight is 375 g/mol. The maximum atomic E-state index is 12.1. The third-order valence-corrected chi connectivity index (χ3v) is 6.29. The molecule has 24 heavy (non-hydrogen) atoms. The summed E-state index contributed by atoms with van der Waals surface area (Å²) in [4.78, 5) is 19.3. The van der Waals surface area contributed by atoms with Gasteiger partial charge < -0.3 is 5.32 Å². The van der Waals surface area contributed by atoms with Crippen molar-refractivity contribution in [1.29, 1.82) is 0 Å². The van der Waals surface area contributed by atoms with Crippen LogP contribution in [0.1, 0.15) is 20.9 Å². The van der Waals surface area contributed by atoms with Gasteiger partial charge in [-0.2, -0.15) is 4.98 Å². The Kier molecular flexibility index (Phi) is 4.17. The topological polar surface area (TPSA) is 59.3 Å². The minimum absolute atomic E-state index is 0.0163. The second kappa shape index (κ2) is 6.46. The molecule has 4 aromatic heterocycles. The van der Waals surface area contributed by atoms with Crippen molar-refractivity contribution < 1.29 is 4.79 Å². The van der Waals surface area contributed by atoms with Gasteiger partial charge in [0.05, 0.1) is 15.4 Å². The molecule has 4 aromatic rings. The average Bonchev–Trinajstić information content (AvgIpc) is 3.31. The molecule has 0 aromatic carbocycles. The van der Waals surface area contributed by atoms with Crippen LogP contribution in [0.3, 0.4) is 0 Å². The predicted molar refractivity (Wildman–Crippen MR) is 99.3 cm³/mol. The first kappa shape index (κ1) is 15.5. The van der Waals surface area contributed by atoms with Gasteiger partial charge in [0, 0.05) is 18.3 Å². The third kappa shape index (κ3) is 3.00. The van der Waals surface area contributed by atoms with Gasteiger partial charge in [0.25, 0.3) is 5.91 Å². The second-order valence-corrected chi connectivity index (χ2v) is 8.02. The number of hydrogen-bond acceptors (Lipinski definition) is 6. The number of nitrogens with zero attached hydrogens (tertiary/aromatic N) is 3. The van der Waals surface area contributed by atoms with Gasteiger partial charge >= 0.3 is 0 Å². The van der Waals surface area contributed by atoms with Crippen molar-refractivity contribution in [2.45, 2.75) is 13.3 Å². The van der Waals surface area contributed by atoms with Crippen molar-refractivity contribution in [3.8, 4) is 10.7 Å². The highest BCUT2D eigenvalue weighted by Crippen LogP contribution is 2.24. The number of fused-ring (bicyclic) bond motifs is 1. The smallest absolute Gasteiger partial charge is 0.261 e. The molecular formula is C16H14N4OS3. The minimum atomic E-state index is -0.0163. The quantitative estimate of drug-likeness (QED) is 0.577. The highest BCUT2D eigenvalue weighted by Gasteiger charge is 2.13. The van der Waals surface area contributed by atoms with Crippen molar-refractivity contribution in [2.24, 2.45) is 0 Å². The number of aromatic nitrogens is 3. The lowest BCUT2D eigenvalue weighted by Crippen LogP contribution is -2.25. The minimum Gasteiger partial charge on any atom is -0.351 e. The number of aryl methyl sites for hydroxylation is 1. The molecular weight excluding hydrogens is 360 g/mol. The molecule has 0 aliphatic rings. The monoisotopic (exact) mass is 374 g/mol. The van der Waals surface area contributed by atoms with E-state index in [-0.39, 0.29) is 5.91 Å². The number of hydrogen-bond donors (Lipinski definition) is 1. The highest BCUT2D eigenvalue weighted by atomic mass is 32.1. The maximum Gasteiger partial charge on any atom is 0.261 e. The van der Waals surface area contributed by atoms with Crippen LogP contribution in [0.15, 0.2) is 34.3 Å². The molecule has 0 bridgehead atoms. The first-order valence-electron chi connectivity index (χ1n) is 7.41. The fourth-order valence-corrected chi connectivity index (χ4v) is 4.67. The number of rotatable bonds is 5. The molecule has 0 fully saturated rings. The van der Waals surface area contributed by atoms with E-state index >= 15 is 0 Å². The summed E-state index contributed by atoms with van der Waals surface area (Å²) in [6.45, 7) is 2.57. The van der Waals surface area contributed by atoms with Crippen LogP contribution in [0.4, 0.5) is 0 Å². The molecule has 4 rings (SSSR count). The first-order valence-corrected chi connectivity index (χ1v) is 10.0. The Hall–Kier alpha value is -2.03. The lowest BCUT2D eigenvalue weighted by molar-refractivity contribution is 0.0958. The summed E-state index contributed by atoms with van der Waals surface area (Å²) in [6, 6.07) is 5.93. The Morgan fingerprint density at radius 2 is 2.21 bits per heavy atom. The van der Waals surface area contributed by atoms with Crippen LogP contribution < -0.4 is 5.32 Å². The Labute approximate surface area is 150 Å². The number of thiazole rings is 1. The van der Waals surface area contributed by atoms with Crippen molar-refractivity contribution in [1.82, 2.24) is 19.9 Å². The number of carbonyl (C=O) groups is 1. The maximum absolute atomic E-state index is 12.1. The molecule has 1 amide bonds. The van der Waals surface area contributed by atoms with E-state index < -0.39 is 0 Å². The molecule has 122 valence electrons. The van der Waals surface area contributed by atoms with E-state index in [9.17, 15) is 4.79 Å². The Balaban J connectivity index is 1.44. The summed E-state index contributed by atoms with van der Waals surface area (Å²) in [6.07, 6.45) is 0.726. The zero-order valence-electron chi connectivity index (χ0n) is 12.9. The van der Waals surface area contributed by atoms with Gasteiger partial charge in [-0.05, 0) is 35.4 Å². The zero-order chi connectivity index (χ0) is 16.5. The molecule has 8 heteroatoms. The molecule has 0 atom stereocenters. The van der Waals surface area contributed by atoms with E-state index in [1.165, 1.54) is 11.3 Å². The standard InChI is InChI=1S/C16H14N4OS3/c1-10-7-13(23-8-10)15(21)17-5-4-11-9-24-16-18-14(19-20(11)16)12-3-2-6-22-12/h2-3,6-9H,4-5H2,1H3,(H,17,21). The number of nitrogens with one attached hydrogen (secondary N) is 1. The lowest BCUT2D eigenvalue weighted by atomic mass is 10.3. The van der Waals surface area contributed by atoms with E-state index in [2.05, 4.69) is 20.8 Å². The highest BCUT2D eigenvalue weighted by molar-refractivity contribution is 7.15. The molecule has 0 aliphatic carbocycles. The predicted octanol–water partition coefficient (Wildman–Crippen LogP) is 3.86. The number of thiophene rings is 2.